The van der Waals surface area contributed by atoms with E-state index in [4.69, 9.17) is 0 Å². The highest BCUT2D eigenvalue weighted by atomic mass is 32.1. The Morgan fingerprint density at radius 1 is 1.24 bits per heavy atom. The minimum atomic E-state index is 0.244. The molecule has 1 aromatic heterocycles. The molecule has 3 nitrogen and oxygen atoms in total. The number of carbonyl (C=O) groups is 1. The predicted molar refractivity (Wildman–Crippen MR) is 69.7 cm³/mol. The minimum absolute atomic E-state index is 0.244. The first-order valence-electron chi connectivity index (χ1n) is 6.46. The molecule has 92 valence electrons. The number of amides is 1. The van der Waals surface area contributed by atoms with Crippen LogP contribution in [0.3, 0.4) is 0 Å². The van der Waals surface area contributed by atoms with Crippen molar-refractivity contribution in [2.75, 3.05) is 26.2 Å². The van der Waals surface area contributed by atoms with Gasteiger partial charge in [0.05, 0.1) is 4.88 Å². The van der Waals surface area contributed by atoms with Crippen molar-refractivity contribution in [3.63, 3.8) is 0 Å². The van der Waals surface area contributed by atoms with Crippen LogP contribution < -0.4 is 5.32 Å². The van der Waals surface area contributed by atoms with Gasteiger partial charge in [-0.2, -0.15) is 0 Å². The maximum Gasteiger partial charge on any atom is 0.263 e. The predicted octanol–water partition coefficient (Wildman–Crippen LogP) is 1.67. The first-order valence-corrected chi connectivity index (χ1v) is 7.28. The topological polar surface area (TPSA) is 32.3 Å². The number of hydrogen-bond acceptors (Lipinski definition) is 3. The number of nitrogens with zero attached hydrogens (tertiary/aromatic N) is 1. The van der Waals surface area contributed by atoms with Crippen LogP contribution >= 0.6 is 11.3 Å². The van der Waals surface area contributed by atoms with E-state index in [0.29, 0.717) is 0 Å². The highest BCUT2D eigenvalue weighted by molar-refractivity contribution is 7.14. The van der Waals surface area contributed by atoms with Crippen molar-refractivity contribution in [1.29, 1.82) is 0 Å². The molecular formula is C13H18N2OS. The lowest BCUT2D eigenvalue weighted by Crippen LogP contribution is -2.33. The number of nitrogens with one attached hydrogen (secondary N) is 1. The van der Waals surface area contributed by atoms with Crippen molar-refractivity contribution >= 4 is 17.2 Å². The fraction of sp³-hybridized carbons (Fsp3) is 0.615. The maximum atomic E-state index is 12.4. The molecule has 0 unspecified atom stereocenters. The van der Waals surface area contributed by atoms with Gasteiger partial charge in [0.2, 0.25) is 0 Å². The van der Waals surface area contributed by atoms with Crippen LogP contribution in [0.15, 0.2) is 6.07 Å². The molecule has 0 aromatic carbocycles. The Kier molecular flexibility index (Phi) is 3.16. The van der Waals surface area contributed by atoms with Gasteiger partial charge in [-0.15, -0.1) is 11.3 Å². The van der Waals surface area contributed by atoms with Crippen molar-refractivity contribution < 1.29 is 4.79 Å². The zero-order valence-electron chi connectivity index (χ0n) is 10.00. The largest absolute Gasteiger partial charge is 0.337 e. The van der Waals surface area contributed by atoms with Gasteiger partial charge in [-0.05, 0) is 43.9 Å². The molecule has 1 N–H and O–H groups in total. The summed E-state index contributed by atoms with van der Waals surface area (Å²) in [6.07, 6.45) is 4.68. The third kappa shape index (κ3) is 2.24. The van der Waals surface area contributed by atoms with Crippen molar-refractivity contribution in [2.24, 2.45) is 0 Å². The molecule has 0 spiro atoms. The van der Waals surface area contributed by atoms with Gasteiger partial charge in [-0.3, -0.25) is 4.79 Å². The van der Waals surface area contributed by atoms with Gasteiger partial charge >= 0.3 is 0 Å². The third-order valence-electron chi connectivity index (χ3n) is 3.58. The normalized spacial score (nSPS) is 20.1. The summed E-state index contributed by atoms with van der Waals surface area (Å²) in [6, 6.07) is 2.13. The summed E-state index contributed by atoms with van der Waals surface area (Å²) in [5.41, 5.74) is 1.42. The van der Waals surface area contributed by atoms with E-state index in [9.17, 15) is 4.79 Å². The molecule has 1 aliphatic carbocycles. The number of thiophene rings is 1. The van der Waals surface area contributed by atoms with Gasteiger partial charge in [0.25, 0.3) is 5.91 Å². The monoisotopic (exact) mass is 250 g/mol. The van der Waals surface area contributed by atoms with E-state index in [1.165, 1.54) is 29.7 Å². The van der Waals surface area contributed by atoms with E-state index in [-0.39, 0.29) is 5.91 Å². The summed E-state index contributed by atoms with van der Waals surface area (Å²) in [6.45, 7) is 3.71. The van der Waals surface area contributed by atoms with E-state index in [0.717, 1.165) is 37.5 Å². The fourth-order valence-electron chi connectivity index (χ4n) is 2.64. The van der Waals surface area contributed by atoms with Crippen LogP contribution in [0.25, 0.3) is 0 Å². The molecule has 1 aromatic rings. The summed E-state index contributed by atoms with van der Waals surface area (Å²) >= 11 is 1.72. The van der Waals surface area contributed by atoms with Crippen molar-refractivity contribution in [2.45, 2.75) is 25.7 Å². The lowest BCUT2D eigenvalue weighted by atomic mass is 10.2. The Bertz CT molecular complexity index is 398. The minimum Gasteiger partial charge on any atom is -0.337 e. The maximum absolute atomic E-state index is 12.4. The lowest BCUT2D eigenvalue weighted by Gasteiger charge is -2.18. The van der Waals surface area contributed by atoms with E-state index in [1.807, 2.05) is 4.90 Å². The average molecular weight is 250 g/mol. The number of aryl methyl sites for hydroxylation is 2. The molecule has 1 fully saturated rings. The Morgan fingerprint density at radius 3 is 3.06 bits per heavy atom. The Labute approximate surface area is 106 Å². The van der Waals surface area contributed by atoms with E-state index in [1.54, 1.807) is 11.3 Å². The second kappa shape index (κ2) is 4.78. The first-order chi connectivity index (χ1) is 8.34. The Hall–Kier alpha value is -0.870. The Morgan fingerprint density at radius 2 is 2.18 bits per heavy atom. The van der Waals surface area contributed by atoms with Gasteiger partial charge < -0.3 is 10.2 Å². The smallest absolute Gasteiger partial charge is 0.263 e. The van der Waals surface area contributed by atoms with E-state index >= 15 is 0 Å². The van der Waals surface area contributed by atoms with Crippen LogP contribution in [0.4, 0.5) is 0 Å². The van der Waals surface area contributed by atoms with Crippen LogP contribution in [0.5, 0.6) is 0 Å². The van der Waals surface area contributed by atoms with Crippen molar-refractivity contribution in [3.05, 3.63) is 21.4 Å². The average Bonchev–Trinajstić information content (AvgIpc) is 2.80. The molecule has 4 heteroatoms. The van der Waals surface area contributed by atoms with Crippen LogP contribution in [0, 0.1) is 0 Å². The zero-order valence-corrected chi connectivity index (χ0v) is 10.8. The van der Waals surface area contributed by atoms with Crippen molar-refractivity contribution in [3.8, 4) is 0 Å². The number of hydrogen-bond donors (Lipinski definition) is 1. The quantitative estimate of drug-likeness (QED) is 0.822. The molecule has 0 atom stereocenters. The highest BCUT2D eigenvalue weighted by Crippen LogP contribution is 2.31. The molecule has 2 heterocycles. The lowest BCUT2D eigenvalue weighted by molar-refractivity contribution is 0.0771. The van der Waals surface area contributed by atoms with Gasteiger partial charge in [0.1, 0.15) is 0 Å². The standard InChI is InChI=1S/C13H18N2OS/c16-13(15-7-2-5-14-6-8-15)12-9-10-3-1-4-11(10)17-12/h9,14H,1-8H2. The third-order valence-corrected chi connectivity index (χ3v) is 4.81. The summed E-state index contributed by atoms with van der Waals surface area (Å²) < 4.78 is 0. The second-order valence-electron chi connectivity index (χ2n) is 4.81. The SMILES string of the molecule is O=C(c1cc2c(s1)CCC2)N1CCCNCC1. The molecular weight excluding hydrogens is 232 g/mol. The molecule has 2 aliphatic rings. The summed E-state index contributed by atoms with van der Waals surface area (Å²) in [7, 11) is 0. The van der Waals surface area contributed by atoms with Crippen molar-refractivity contribution in [1.82, 2.24) is 10.2 Å². The van der Waals surface area contributed by atoms with Gasteiger partial charge in [-0.25, -0.2) is 0 Å². The second-order valence-corrected chi connectivity index (χ2v) is 5.95. The fourth-order valence-corrected chi connectivity index (χ4v) is 3.86. The molecule has 1 amide bonds. The highest BCUT2D eigenvalue weighted by Gasteiger charge is 2.22. The zero-order chi connectivity index (χ0) is 11.7. The number of fused-ring (bicyclic) bond motifs is 1. The van der Waals surface area contributed by atoms with Gasteiger partial charge in [0, 0.05) is 24.5 Å². The van der Waals surface area contributed by atoms with Crippen LogP contribution in [-0.4, -0.2) is 37.0 Å². The van der Waals surface area contributed by atoms with Gasteiger partial charge in [-0.1, -0.05) is 0 Å². The first kappa shape index (κ1) is 11.2. The molecule has 1 saturated heterocycles. The molecule has 0 bridgehead atoms. The molecule has 0 radical (unpaired) electrons. The number of rotatable bonds is 1. The summed E-state index contributed by atoms with van der Waals surface area (Å²) in [5.74, 6) is 0.244. The molecule has 3 rings (SSSR count). The Balaban J connectivity index is 1.75. The molecule has 1 aliphatic heterocycles. The summed E-state index contributed by atoms with van der Waals surface area (Å²) in [4.78, 5) is 16.8. The molecule has 17 heavy (non-hydrogen) atoms. The summed E-state index contributed by atoms with van der Waals surface area (Å²) in [5, 5.41) is 3.33. The van der Waals surface area contributed by atoms with Crippen LogP contribution in [0.1, 0.15) is 33.0 Å². The van der Waals surface area contributed by atoms with Gasteiger partial charge in [0.15, 0.2) is 0 Å². The molecule has 0 saturated carbocycles. The van der Waals surface area contributed by atoms with E-state index in [2.05, 4.69) is 11.4 Å². The van der Waals surface area contributed by atoms with E-state index < -0.39 is 0 Å². The number of carbonyl (C=O) groups excluding carboxylic acids is 1. The van der Waals surface area contributed by atoms with Crippen LogP contribution in [-0.2, 0) is 12.8 Å². The van der Waals surface area contributed by atoms with Crippen LogP contribution in [0.2, 0.25) is 0 Å².